The maximum Gasteiger partial charge on any atom is 0.225 e. The third-order valence-corrected chi connectivity index (χ3v) is 5.35. The van der Waals surface area contributed by atoms with Crippen molar-refractivity contribution in [1.29, 1.82) is 0 Å². The van der Waals surface area contributed by atoms with E-state index in [0.29, 0.717) is 0 Å². The molecule has 106 valence electrons. The molecule has 0 heterocycles. The molecule has 1 aromatic carbocycles. The van der Waals surface area contributed by atoms with Crippen LogP contribution in [0.2, 0.25) is 5.02 Å². The molecule has 0 aromatic heterocycles. The number of carbonyl (C=O) groups excluding carboxylic acids is 1. The van der Waals surface area contributed by atoms with Crippen molar-refractivity contribution in [2.24, 2.45) is 0 Å². The molecule has 0 unspecified atom stereocenters. The number of rotatable bonds is 3. The average Bonchev–Trinajstić information content (AvgIpc) is 2.24. The number of halogens is 4. The van der Waals surface area contributed by atoms with Crippen molar-refractivity contribution in [3.05, 3.63) is 29.3 Å². The lowest BCUT2D eigenvalue weighted by molar-refractivity contribution is -0.119. The molecule has 1 N–H and O–H groups in total. The summed E-state index contributed by atoms with van der Waals surface area (Å²) in [7, 11) is -4.09. The quantitative estimate of drug-likeness (QED) is 0.838. The van der Waals surface area contributed by atoms with Gasteiger partial charge < -0.3 is 5.32 Å². The van der Waals surface area contributed by atoms with Crippen LogP contribution in [0.1, 0.15) is 6.92 Å². The molecule has 0 radical (unpaired) electrons. The number of benzene rings is 1. The predicted octanol–water partition coefficient (Wildman–Crippen LogP) is 2.95. The van der Waals surface area contributed by atoms with Crippen molar-refractivity contribution in [2.75, 3.05) is 0 Å². The van der Waals surface area contributed by atoms with Gasteiger partial charge in [0.25, 0.3) is 0 Å². The smallest absolute Gasteiger partial charge is 0.225 e. The van der Waals surface area contributed by atoms with Crippen molar-refractivity contribution in [3.63, 3.8) is 0 Å². The number of sulfone groups is 1. The van der Waals surface area contributed by atoms with E-state index in [2.05, 4.69) is 5.32 Å². The van der Waals surface area contributed by atoms with E-state index in [1.807, 2.05) is 0 Å². The monoisotopic (exact) mass is 363 g/mol. The van der Waals surface area contributed by atoms with Crippen LogP contribution in [0.3, 0.4) is 0 Å². The van der Waals surface area contributed by atoms with Gasteiger partial charge in [-0.2, -0.15) is 0 Å². The predicted molar refractivity (Wildman–Crippen MR) is 76.5 cm³/mol. The molecule has 0 aliphatic heterocycles. The van der Waals surface area contributed by atoms with Gasteiger partial charge in [0.1, 0.15) is 0 Å². The Morgan fingerprint density at radius 3 is 2.32 bits per heavy atom. The van der Waals surface area contributed by atoms with Gasteiger partial charge in [-0.05, 0) is 18.2 Å². The van der Waals surface area contributed by atoms with Crippen molar-refractivity contribution in [2.45, 2.75) is 21.0 Å². The highest BCUT2D eigenvalue weighted by molar-refractivity contribution is 7.92. The molecular formula is C10H9Cl4NO3S. The van der Waals surface area contributed by atoms with Crippen molar-refractivity contribution in [3.8, 4) is 0 Å². The maximum atomic E-state index is 12.3. The minimum absolute atomic E-state index is 0.148. The highest BCUT2D eigenvalue weighted by atomic mass is 35.6. The van der Waals surface area contributed by atoms with Gasteiger partial charge in [-0.1, -0.05) is 52.5 Å². The molecule has 0 saturated heterocycles. The fraction of sp³-hybridized carbons (Fsp3) is 0.300. The Labute approximate surface area is 130 Å². The van der Waals surface area contributed by atoms with E-state index in [0.717, 1.165) is 6.92 Å². The summed E-state index contributed by atoms with van der Waals surface area (Å²) in [5, 5.41) is 0.620. The van der Waals surface area contributed by atoms with Crippen molar-refractivity contribution < 1.29 is 13.2 Å². The number of alkyl halides is 3. The molecule has 1 aromatic rings. The van der Waals surface area contributed by atoms with Gasteiger partial charge in [0.2, 0.25) is 19.5 Å². The second-order valence-corrected chi connectivity index (χ2v) is 8.46. The zero-order valence-electron chi connectivity index (χ0n) is 9.53. The molecule has 1 rings (SSSR count). The Kier molecular flexibility index (Phi) is 5.37. The number of amides is 1. The van der Waals surface area contributed by atoms with Crippen LogP contribution in [-0.4, -0.2) is 23.5 Å². The van der Waals surface area contributed by atoms with Crippen molar-refractivity contribution >= 4 is 62.1 Å². The fourth-order valence-corrected chi connectivity index (χ4v) is 4.28. The molecule has 0 aliphatic carbocycles. The molecule has 0 spiro atoms. The second-order valence-electron chi connectivity index (χ2n) is 3.62. The highest BCUT2D eigenvalue weighted by Crippen LogP contribution is 2.36. The summed E-state index contributed by atoms with van der Waals surface area (Å²) in [5.74, 6) is -0.637. The second kappa shape index (κ2) is 6.06. The van der Waals surface area contributed by atoms with Crippen LogP contribution in [0.4, 0.5) is 0 Å². The first-order chi connectivity index (χ1) is 8.55. The van der Waals surface area contributed by atoms with Gasteiger partial charge in [-0.25, -0.2) is 8.42 Å². The molecule has 0 bridgehead atoms. The van der Waals surface area contributed by atoms with E-state index in [-0.39, 0.29) is 9.92 Å². The van der Waals surface area contributed by atoms with Crippen LogP contribution in [-0.2, 0) is 14.6 Å². The van der Waals surface area contributed by atoms with E-state index in [1.54, 1.807) is 0 Å². The number of nitrogens with one attached hydrogen (secondary N) is 1. The first-order valence-corrected chi connectivity index (χ1v) is 7.94. The molecule has 0 aliphatic rings. The zero-order valence-corrected chi connectivity index (χ0v) is 13.4. The van der Waals surface area contributed by atoms with Gasteiger partial charge in [-0.3, -0.25) is 4.79 Å². The Hall–Kier alpha value is -0.200. The SMILES string of the molecule is CC(=O)N[C@H](C(Cl)(Cl)Cl)S(=O)(=O)c1cccc(Cl)c1. The average molecular weight is 365 g/mol. The molecule has 19 heavy (non-hydrogen) atoms. The molecule has 1 atom stereocenters. The van der Waals surface area contributed by atoms with Gasteiger partial charge in [0.15, 0.2) is 5.37 Å². The molecule has 9 heteroatoms. The van der Waals surface area contributed by atoms with Gasteiger partial charge in [0.05, 0.1) is 4.90 Å². The van der Waals surface area contributed by atoms with Crippen LogP contribution in [0, 0.1) is 0 Å². The lowest BCUT2D eigenvalue weighted by atomic mass is 10.4. The molecule has 4 nitrogen and oxygen atoms in total. The normalized spacial score (nSPS) is 13.9. The Balaban J connectivity index is 3.32. The van der Waals surface area contributed by atoms with Crippen LogP contribution in [0.5, 0.6) is 0 Å². The highest BCUT2D eigenvalue weighted by Gasteiger charge is 2.44. The summed E-state index contributed by atoms with van der Waals surface area (Å²) in [6.07, 6.45) is 0. The van der Waals surface area contributed by atoms with Crippen LogP contribution >= 0.6 is 46.4 Å². The minimum Gasteiger partial charge on any atom is -0.336 e. The summed E-state index contributed by atoms with van der Waals surface area (Å²) in [5.41, 5.74) is 0. The van der Waals surface area contributed by atoms with E-state index in [4.69, 9.17) is 46.4 Å². The van der Waals surface area contributed by atoms with E-state index in [1.165, 1.54) is 24.3 Å². The minimum atomic E-state index is -4.09. The lowest BCUT2D eigenvalue weighted by Gasteiger charge is -2.24. The standard InChI is InChI=1S/C10H9Cl4NO3S/c1-6(16)15-9(10(12,13)14)19(17,18)8-4-2-3-7(11)5-8/h2-5,9H,1H3,(H,15,16)/t9-/m0/s1. The Morgan fingerprint density at radius 1 is 1.32 bits per heavy atom. The van der Waals surface area contributed by atoms with Gasteiger partial charge in [0, 0.05) is 11.9 Å². The van der Waals surface area contributed by atoms with Crippen LogP contribution in [0.15, 0.2) is 29.2 Å². The zero-order chi connectivity index (χ0) is 14.8. The largest absolute Gasteiger partial charge is 0.336 e. The van der Waals surface area contributed by atoms with E-state index >= 15 is 0 Å². The molecule has 1 amide bonds. The number of carbonyl (C=O) groups is 1. The topological polar surface area (TPSA) is 63.2 Å². The fourth-order valence-electron chi connectivity index (χ4n) is 1.30. The number of hydrogen-bond donors (Lipinski definition) is 1. The van der Waals surface area contributed by atoms with Gasteiger partial charge >= 0.3 is 0 Å². The Morgan fingerprint density at radius 2 is 1.89 bits per heavy atom. The Bertz CT molecular complexity index is 583. The lowest BCUT2D eigenvalue weighted by Crippen LogP contribution is -2.48. The summed E-state index contributed by atoms with van der Waals surface area (Å²) in [6.45, 7) is 1.12. The van der Waals surface area contributed by atoms with Gasteiger partial charge in [-0.15, -0.1) is 0 Å². The summed E-state index contributed by atoms with van der Waals surface area (Å²) in [6, 6.07) is 5.45. The third-order valence-electron chi connectivity index (χ3n) is 2.07. The van der Waals surface area contributed by atoms with Crippen molar-refractivity contribution in [1.82, 2.24) is 5.32 Å². The van der Waals surface area contributed by atoms with Crippen LogP contribution in [0.25, 0.3) is 0 Å². The summed E-state index contributed by atoms with van der Waals surface area (Å²) in [4.78, 5) is 10.9. The summed E-state index contributed by atoms with van der Waals surface area (Å²) >= 11 is 22.6. The van der Waals surface area contributed by atoms with E-state index in [9.17, 15) is 13.2 Å². The maximum absolute atomic E-state index is 12.3. The molecule has 0 fully saturated rings. The molecule has 0 saturated carbocycles. The number of hydrogen-bond acceptors (Lipinski definition) is 3. The third kappa shape index (κ3) is 4.39. The van der Waals surface area contributed by atoms with E-state index < -0.39 is 24.9 Å². The van der Waals surface area contributed by atoms with Crippen LogP contribution < -0.4 is 5.32 Å². The first kappa shape index (κ1) is 16.9. The molecular weight excluding hydrogens is 356 g/mol. The summed E-state index contributed by atoms with van der Waals surface area (Å²) < 4.78 is 22.5. The first-order valence-electron chi connectivity index (χ1n) is 4.88.